The third-order valence-electron chi connectivity index (χ3n) is 2.56. The number of halogens is 1. The molecule has 0 unspecified atom stereocenters. The van der Waals surface area contributed by atoms with Crippen molar-refractivity contribution in [1.82, 2.24) is 14.9 Å². The van der Waals surface area contributed by atoms with Gasteiger partial charge in [0.1, 0.15) is 5.02 Å². The molecule has 5 nitrogen and oxygen atoms in total. The van der Waals surface area contributed by atoms with Gasteiger partial charge in [0, 0.05) is 26.7 Å². The molecule has 0 aliphatic heterocycles. The van der Waals surface area contributed by atoms with E-state index >= 15 is 0 Å². The number of hydrogen-bond acceptors (Lipinski definition) is 5. The van der Waals surface area contributed by atoms with E-state index < -0.39 is 0 Å². The van der Waals surface area contributed by atoms with Gasteiger partial charge in [-0.2, -0.15) is 4.98 Å². The highest BCUT2D eigenvalue weighted by atomic mass is 35.5. The van der Waals surface area contributed by atoms with Crippen molar-refractivity contribution in [2.24, 2.45) is 0 Å². The lowest BCUT2D eigenvalue weighted by atomic mass is 10.3. The minimum atomic E-state index is 0.598. The number of anilines is 2. The van der Waals surface area contributed by atoms with Crippen LogP contribution in [0.25, 0.3) is 0 Å². The molecule has 0 atom stereocenters. The van der Waals surface area contributed by atoms with Gasteiger partial charge in [0.2, 0.25) is 5.95 Å². The number of nitrogens with zero attached hydrogens (tertiary/aromatic N) is 4. The van der Waals surface area contributed by atoms with Crippen LogP contribution in [-0.4, -0.2) is 55.6 Å². The molecule has 0 fully saturated rings. The summed E-state index contributed by atoms with van der Waals surface area (Å²) in [6.07, 6.45) is 2.71. The lowest BCUT2D eigenvalue weighted by molar-refractivity contribution is 0.412. The quantitative estimate of drug-likeness (QED) is 0.821. The molecule has 0 saturated heterocycles. The summed E-state index contributed by atoms with van der Waals surface area (Å²) in [4.78, 5) is 12.9. The van der Waals surface area contributed by atoms with Crippen molar-refractivity contribution in [1.29, 1.82) is 0 Å². The molecule has 1 heterocycles. The fraction of sp³-hybridized carbons (Fsp3) is 0.667. The number of hydrogen-bond donors (Lipinski definition) is 1. The van der Waals surface area contributed by atoms with E-state index in [0.717, 1.165) is 31.9 Å². The SMILES string of the molecule is CCCN(CCN(C)C)c1nc(NC)ncc1Cl. The molecule has 6 heteroatoms. The number of nitrogens with one attached hydrogen (secondary N) is 1. The minimum absolute atomic E-state index is 0.598. The van der Waals surface area contributed by atoms with Crippen LogP contribution in [0.1, 0.15) is 13.3 Å². The highest BCUT2D eigenvalue weighted by Crippen LogP contribution is 2.23. The average molecular weight is 272 g/mol. The zero-order valence-corrected chi connectivity index (χ0v) is 12.3. The largest absolute Gasteiger partial charge is 0.357 e. The third kappa shape index (κ3) is 4.31. The molecular formula is C12H22ClN5. The molecule has 0 radical (unpaired) electrons. The van der Waals surface area contributed by atoms with Crippen LogP contribution in [0.3, 0.4) is 0 Å². The molecule has 1 N–H and O–H groups in total. The maximum Gasteiger partial charge on any atom is 0.224 e. The van der Waals surface area contributed by atoms with E-state index in [-0.39, 0.29) is 0 Å². The van der Waals surface area contributed by atoms with Crippen molar-refractivity contribution in [3.8, 4) is 0 Å². The van der Waals surface area contributed by atoms with E-state index in [1.54, 1.807) is 13.2 Å². The van der Waals surface area contributed by atoms with Crippen LogP contribution >= 0.6 is 11.6 Å². The van der Waals surface area contributed by atoms with Gasteiger partial charge in [-0.1, -0.05) is 18.5 Å². The zero-order chi connectivity index (χ0) is 13.5. The van der Waals surface area contributed by atoms with Crippen LogP contribution < -0.4 is 10.2 Å². The first-order valence-corrected chi connectivity index (χ1v) is 6.56. The van der Waals surface area contributed by atoms with Crippen LogP contribution in [0.2, 0.25) is 5.02 Å². The second kappa shape index (κ2) is 7.38. The Bertz CT molecular complexity index is 369. The van der Waals surface area contributed by atoms with Crippen LogP contribution in [0, 0.1) is 0 Å². The molecular weight excluding hydrogens is 250 g/mol. The molecule has 0 aliphatic carbocycles. The van der Waals surface area contributed by atoms with Gasteiger partial charge < -0.3 is 15.1 Å². The summed E-state index contributed by atoms with van der Waals surface area (Å²) in [7, 11) is 5.92. The number of rotatable bonds is 7. The molecule has 102 valence electrons. The minimum Gasteiger partial charge on any atom is -0.357 e. The smallest absolute Gasteiger partial charge is 0.224 e. The summed E-state index contributed by atoms with van der Waals surface area (Å²) in [5, 5.41) is 3.54. The summed E-state index contributed by atoms with van der Waals surface area (Å²) in [6, 6.07) is 0. The molecule has 0 amide bonds. The highest BCUT2D eigenvalue weighted by Gasteiger charge is 2.13. The maximum absolute atomic E-state index is 6.19. The van der Waals surface area contributed by atoms with Gasteiger partial charge in [-0.25, -0.2) is 4.98 Å². The molecule has 18 heavy (non-hydrogen) atoms. The molecule has 0 bridgehead atoms. The van der Waals surface area contributed by atoms with Crippen molar-refractivity contribution in [3.63, 3.8) is 0 Å². The maximum atomic E-state index is 6.19. The van der Waals surface area contributed by atoms with Crippen LogP contribution in [0.15, 0.2) is 6.20 Å². The Morgan fingerprint density at radius 3 is 2.56 bits per heavy atom. The van der Waals surface area contributed by atoms with E-state index in [1.807, 2.05) is 0 Å². The van der Waals surface area contributed by atoms with E-state index in [1.165, 1.54) is 0 Å². The fourth-order valence-corrected chi connectivity index (χ4v) is 1.83. The summed E-state index contributed by atoms with van der Waals surface area (Å²) >= 11 is 6.19. The highest BCUT2D eigenvalue weighted by molar-refractivity contribution is 6.32. The van der Waals surface area contributed by atoms with Gasteiger partial charge in [0.15, 0.2) is 5.82 Å². The molecule has 1 aromatic rings. The molecule has 0 saturated carbocycles. The normalized spacial score (nSPS) is 10.8. The number of likely N-dealkylation sites (N-methyl/N-ethyl adjacent to an activating group) is 1. The first kappa shape index (κ1) is 15.0. The Balaban J connectivity index is 2.89. The summed E-state index contributed by atoms with van der Waals surface area (Å²) in [5.74, 6) is 1.40. The van der Waals surface area contributed by atoms with Crippen LogP contribution in [-0.2, 0) is 0 Å². The summed E-state index contributed by atoms with van der Waals surface area (Å²) in [6.45, 7) is 4.96. The lowest BCUT2D eigenvalue weighted by Gasteiger charge is -2.25. The Kier molecular flexibility index (Phi) is 6.15. The second-order valence-electron chi connectivity index (χ2n) is 4.41. The van der Waals surface area contributed by atoms with E-state index in [2.05, 4.69) is 46.1 Å². The number of aromatic nitrogens is 2. The topological polar surface area (TPSA) is 44.3 Å². The fourth-order valence-electron chi connectivity index (χ4n) is 1.61. The van der Waals surface area contributed by atoms with Gasteiger partial charge in [-0.15, -0.1) is 0 Å². The van der Waals surface area contributed by atoms with Crippen molar-refractivity contribution in [3.05, 3.63) is 11.2 Å². The Morgan fingerprint density at radius 2 is 2.00 bits per heavy atom. The summed E-state index contributed by atoms with van der Waals surface area (Å²) < 4.78 is 0. The standard InChI is InChI=1S/C12H22ClN5/c1-5-6-18(8-7-17(3)4)11-10(13)9-15-12(14-2)16-11/h9H,5-8H2,1-4H3,(H,14,15,16). The van der Waals surface area contributed by atoms with E-state index in [0.29, 0.717) is 11.0 Å². The van der Waals surface area contributed by atoms with Gasteiger partial charge in [-0.05, 0) is 20.5 Å². The molecule has 1 aromatic heterocycles. The van der Waals surface area contributed by atoms with Crippen molar-refractivity contribution < 1.29 is 0 Å². The third-order valence-corrected chi connectivity index (χ3v) is 2.83. The van der Waals surface area contributed by atoms with Crippen LogP contribution in [0.5, 0.6) is 0 Å². The summed E-state index contributed by atoms with van der Waals surface area (Å²) in [5.41, 5.74) is 0. The second-order valence-corrected chi connectivity index (χ2v) is 4.81. The Labute approximate surface area is 114 Å². The van der Waals surface area contributed by atoms with Gasteiger partial charge in [-0.3, -0.25) is 0 Å². The van der Waals surface area contributed by atoms with Crippen molar-refractivity contribution >= 4 is 23.4 Å². The predicted octanol–water partition coefficient (Wildman–Crippen LogP) is 1.95. The van der Waals surface area contributed by atoms with Gasteiger partial charge in [0.05, 0.1) is 6.20 Å². The van der Waals surface area contributed by atoms with Crippen molar-refractivity contribution in [2.45, 2.75) is 13.3 Å². The first-order chi connectivity index (χ1) is 8.58. The van der Waals surface area contributed by atoms with Crippen LogP contribution in [0.4, 0.5) is 11.8 Å². The molecule has 1 rings (SSSR count). The van der Waals surface area contributed by atoms with E-state index in [9.17, 15) is 0 Å². The average Bonchev–Trinajstić information content (AvgIpc) is 2.35. The predicted molar refractivity (Wildman–Crippen MR) is 77.6 cm³/mol. The van der Waals surface area contributed by atoms with E-state index in [4.69, 9.17) is 11.6 Å². The molecule has 0 spiro atoms. The van der Waals surface area contributed by atoms with Crippen molar-refractivity contribution in [2.75, 3.05) is 51.0 Å². The van der Waals surface area contributed by atoms with Gasteiger partial charge >= 0.3 is 0 Å². The monoisotopic (exact) mass is 271 g/mol. The zero-order valence-electron chi connectivity index (χ0n) is 11.6. The molecule has 0 aliphatic rings. The molecule has 0 aromatic carbocycles. The van der Waals surface area contributed by atoms with Gasteiger partial charge in [0.25, 0.3) is 0 Å². The Hall–Kier alpha value is -1.07. The Morgan fingerprint density at radius 1 is 1.28 bits per heavy atom. The first-order valence-electron chi connectivity index (χ1n) is 6.18. The lowest BCUT2D eigenvalue weighted by Crippen LogP contribution is -2.33.